The third-order valence-electron chi connectivity index (χ3n) is 4.17. The smallest absolute Gasteiger partial charge is 0.220 e. The van der Waals surface area contributed by atoms with Gasteiger partial charge in [-0.05, 0) is 42.9 Å². The number of nitrogens with zero attached hydrogens (tertiary/aromatic N) is 5. The Balaban J connectivity index is 1.89. The van der Waals surface area contributed by atoms with Crippen molar-refractivity contribution < 1.29 is 0 Å². The van der Waals surface area contributed by atoms with Crippen molar-refractivity contribution in [2.75, 3.05) is 11.5 Å². The number of anilines is 2. The van der Waals surface area contributed by atoms with Crippen LogP contribution < -0.4 is 11.5 Å². The molecule has 3 heterocycles. The summed E-state index contributed by atoms with van der Waals surface area (Å²) in [4.78, 5) is 21.2. The number of nitrogens with two attached hydrogens (primary N) is 2. The molecule has 0 saturated heterocycles. The van der Waals surface area contributed by atoms with Crippen LogP contribution in [0.15, 0.2) is 30.7 Å². The first-order valence-corrected chi connectivity index (χ1v) is 8.34. The highest BCUT2D eigenvalue weighted by atomic mass is 35.5. The van der Waals surface area contributed by atoms with Gasteiger partial charge in [-0.15, -0.1) is 0 Å². The fraction of sp³-hybridized carbons (Fsp3) is 0.235. The minimum Gasteiger partial charge on any atom is -0.368 e. The Hall–Kier alpha value is -2.80. The van der Waals surface area contributed by atoms with Crippen molar-refractivity contribution in [2.45, 2.75) is 19.3 Å². The Morgan fingerprint density at radius 3 is 2.44 bits per heavy atom. The van der Waals surface area contributed by atoms with E-state index in [1.807, 2.05) is 6.07 Å². The fourth-order valence-electron chi connectivity index (χ4n) is 2.76. The van der Waals surface area contributed by atoms with Crippen molar-refractivity contribution in [3.05, 3.63) is 41.6 Å². The van der Waals surface area contributed by atoms with E-state index in [1.54, 1.807) is 24.7 Å². The monoisotopic (exact) mass is 353 g/mol. The number of rotatable bonds is 4. The van der Waals surface area contributed by atoms with Crippen LogP contribution in [0.4, 0.5) is 11.9 Å². The molecule has 0 unspecified atom stereocenters. The number of hydrogen-bond acceptors (Lipinski definition) is 7. The van der Waals surface area contributed by atoms with Crippen molar-refractivity contribution in [1.29, 1.82) is 0 Å². The molecule has 0 spiro atoms. The highest BCUT2D eigenvalue weighted by Gasteiger charge is 2.25. The molecule has 1 saturated carbocycles. The zero-order valence-electron chi connectivity index (χ0n) is 13.4. The van der Waals surface area contributed by atoms with Crippen molar-refractivity contribution >= 4 is 23.5 Å². The van der Waals surface area contributed by atoms with E-state index in [2.05, 4.69) is 24.9 Å². The minimum atomic E-state index is 0.188. The zero-order chi connectivity index (χ0) is 17.4. The molecule has 0 aliphatic heterocycles. The second kappa shape index (κ2) is 6.25. The molecule has 0 radical (unpaired) electrons. The van der Waals surface area contributed by atoms with Crippen LogP contribution in [0.25, 0.3) is 22.4 Å². The highest BCUT2D eigenvalue weighted by Crippen LogP contribution is 2.37. The summed E-state index contributed by atoms with van der Waals surface area (Å²) in [5, 5.41) is 0.395. The van der Waals surface area contributed by atoms with E-state index in [9.17, 15) is 0 Å². The van der Waals surface area contributed by atoms with Crippen molar-refractivity contribution in [3.63, 3.8) is 0 Å². The van der Waals surface area contributed by atoms with Gasteiger partial charge in [0.2, 0.25) is 11.9 Å². The van der Waals surface area contributed by atoms with Gasteiger partial charge in [0.15, 0.2) is 0 Å². The standard InChI is InChI=1S/C17H16ClN7/c18-14-6-10(3-4-21-14)11-7-22-17(20)25-15(11)12-8-23-16(19)24-13(12)5-9-1-2-9/h3-4,6-9H,1-2,5H2,(H2,19,23,24)(H2,20,22,25). The molecular weight excluding hydrogens is 338 g/mol. The second-order valence-electron chi connectivity index (χ2n) is 6.09. The lowest BCUT2D eigenvalue weighted by atomic mass is 10.00. The molecule has 3 aromatic heterocycles. The molecule has 4 rings (SSSR count). The Morgan fingerprint density at radius 1 is 1.00 bits per heavy atom. The van der Waals surface area contributed by atoms with Crippen molar-refractivity contribution in [2.24, 2.45) is 5.92 Å². The average Bonchev–Trinajstić information content (AvgIpc) is 3.39. The van der Waals surface area contributed by atoms with Gasteiger partial charge in [0.1, 0.15) is 5.15 Å². The largest absolute Gasteiger partial charge is 0.368 e. The van der Waals surface area contributed by atoms with Crippen LogP contribution in [0, 0.1) is 5.92 Å². The van der Waals surface area contributed by atoms with E-state index < -0.39 is 0 Å². The Bertz CT molecular complexity index is 940. The summed E-state index contributed by atoms with van der Waals surface area (Å²) in [6.07, 6.45) is 8.30. The van der Waals surface area contributed by atoms with Crippen LogP contribution in [-0.2, 0) is 6.42 Å². The molecule has 0 atom stereocenters. The molecule has 3 aromatic rings. The highest BCUT2D eigenvalue weighted by molar-refractivity contribution is 6.29. The molecule has 8 heteroatoms. The summed E-state index contributed by atoms with van der Waals surface area (Å²) in [5.41, 5.74) is 15.7. The first-order chi connectivity index (χ1) is 12.1. The van der Waals surface area contributed by atoms with Gasteiger partial charge in [-0.1, -0.05) is 11.6 Å². The maximum Gasteiger partial charge on any atom is 0.220 e. The predicted octanol–water partition coefficient (Wildman–Crippen LogP) is 2.77. The zero-order valence-corrected chi connectivity index (χ0v) is 14.1. The Kier molecular flexibility index (Phi) is 3.93. The molecule has 0 aromatic carbocycles. The molecule has 1 aliphatic carbocycles. The fourth-order valence-corrected chi connectivity index (χ4v) is 2.94. The van der Waals surface area contributed by atoms with Crippen LogP contribution in [-0.4, -0.2) is 24.9 Å². The van der Waals surface area contributed by atoms with E-state index in [4.69, 9.17) is 23.1 Å². The van der Waals surface area contributed by atoms with Gasteiger partial charge < -0.3 is 11.5 Å². The van der Waals surface area contributed by atoms with Crippen LogP contribution in [0.5, 0.6) is 0 Å². The number of pyridine rings is 1. The third kappa shape index (κ3) is 3.36. The Labute approximate surface area is 149 Å². The SMILES string of the molecule is Nc1ncc(-c2nc(N)ncc2-c2ccnc(Cl)c2)c(CC2CC2)n1. The number of aromatic nitrogens is 5. The topological polar surface area (TPSA) is 116 Å². The van der Waals surface area contributed by atoms with E-state index in [0.717, 1.165) is 28.8 Å². The van der Waals surface area contributed by atoms with E-state index in [-0.39, 0.29) is 11.9 Å². The van der Waals surface area contributed by atoms with Crippen molar-refractivity contribution in [3.8, 4) is 22.4 Å². The average molecular weight is 354 g/mol. The van der Waals surface area contributed by atoms with E-state index in [0.29, 0.717) is 16.8 Å². The normalized spacial score (nSPS) is 13.8. The molecule has 1 aliphatic rings. The maximum absolute atomic E-state index is 6.04. The van der Waals surface area contributed by atoms with Gasteiger partial charge in [0.05, 0.1) is 11.4 Å². The predicted molar refractivity (Wildman–Crippen MR) is 96.6 cm³/mol. The number of halogens is 1. The van der Waals surface area contributed by atoms with Crippen LogP contribution in [0.2, 0.25) is 5.15 Å². The summed E-state index contributed by atoms with van der Waals surface area (Å²) >= 11 is 6.04. The lowest BCUT2D eigenvalue weighted by Gasteiger charge is -2.13. The molecule has 7 nitrogen and oxygen atoms in total. The first-order valence-electron chi connectivity index (χ1n) is 7.96. The van der Waals surface area contributed by atoms with Gasteiger partial charge in [-0.25, -0.2) is 24.9 Å². The number of nitrogen functional groups attached to an aromatic ring is 2. The first kappa shape index (κ1) is 15.7. The number of hydrogen-bond donors (Lipinski definition) is 2. The lowest BCUT2D eigenvalue weighted by molar-refractivity contribution is 0.802. The van der Waals surface area contributed by atoms with Crippen molar-refractivity contribution in [1.82, 2.24) is 24.9 Å². The summed E-state index contributed by atoms with van der Waals surface area (Å²) in [6, 6.07) is 3.61. The van der Waals surface area contributed by atoms with E-state index >= 15 is 0 Å². The summed E-state index contributed by atoms with van der Waals surface area (Å²) < 4.78 is 0. The van der Waals surface area contributed by atoms with E-state index in [1.165, 1.54) is 12.8 Å². The van der Waals surface area contributed by atoms with Crippen LogP contribution in [0.1, 0.15) is 18.5 Å². The molecule has 126 valence electrons. The molecule has 25 heavy (non-hydrogen) atoms. The van der Waals surface area contributed by atoms with Crippen LogP contribution in [0.3, 0.4) is 0 Å². The lowest BCUT2D eigenvalue weighted by Crippen LogP contribution is -2.06. The Morgan fingerprint density at radius 2 is 1.72 bits per heavy atom. The van der Waals surface area contributed by atoms with Gasteiger partial charge in [0.25, 0.3) is 0 Å². The minimum absolute atomic E-state index is 0.188. The summed E-state index contributed by atoms with van der Waals surface area (Å²) in [7, 11) is 0. The van der Waals surface area contributed by atoms with Gasteiger partial charge >= 0.3 is 0 Å². The molecule has 4 N–H and O–H groups in total. The molecular formula is C17H16ClN7. The molecule has 0 amide bonds. The second-order valence-corrected chi connectivity index (χ2v) is 6.48. The summed E-state index contributed by atoms with van der Waals surface area (Å²) in [6.45, 7) is 0. The summed E-state index contributed by atoms with van der Waals surface area (Å²) in [5.74, 6) is 1.09. The van der Waals surface area contributed by atoms with Gasteiger partial charge in [-0.2, -0.15) is 0 Å². The third-order valence-corrected chi connectivity index (χ3v) is 4.37. The maximum atomic E-state index is 6.04. The van der Waals surface area contributed by atoms with Gasteiger partial charge in [-0.3, -0.25) is 0 Å². The van der Waals surface area contributed by atoms with Crippen LogP contribution >= 0.6 is 11.6 Å². The quantitative estimate of drug-likeness (QED) is 0.692. The van der Waals surface area contributed by atoms with Gasteiger partial charge in [0, 0.05) is 29.7 Å². The molecule has 1 fully saturated rings. The molecule has 0 bridgehead atoms.